The highest BCUT2D eigenvalue weighted by Gasteiger charge is 2.33. The molecule has 1 atom stereocenters. The largest absolute Gasteiger partial charge is 0.263 e. The smallest absolute Gasteiger partial charge is 0.241 e. The van der Waals surface area contributed by atoms with E-state index in [9.17, 15) is 12.8 Å². The molecule has 0 spiro atoms. The molecule has 88 valence electrons. The zero-order valence-electron chi connectivity index (χ0n) is 8.31. The maximum absolute atomic E-state index is 13.4. The van der Waals surface area contributed by atoms with Gasteiger partial charge in [-0.1, -0.05) is 15.9 Å². The summed E-state index contributed by atoms with van der Waals surface area (Å²) in [7, 11) is -3.79. The average molecular weight is 309 g/mol. The van der Waals surface area contributed by atoms with Crippen LogP contribution in [0.25, 0.3) is 0 Å². The Kier molecular flexibility index (Phi) is 3.27. The maximum Gasteiger partial charge on any atom is 0.263 e. The summed E-state index contributed by atoms with van der Waals surface area (Å²) >= 11 is 3.34. The van der Waals surface area contributed by atoms with Crippen LogP contribution in [0.5, 0.6) is 0 Å². The number of halogens is 2. The molecule has 0 aromatic carbocycles. The third kappa shape index (κ3) is 2.11. The van der Waals surface area contributed by atoms with Crippen molar-refractivity contribution in [1.29, 1.82) is 0 Å². The fourth-order valence-corrected chi connectivity index (χ4v) is 3.81. The number of alkyl halides is 1. The van der Waals surface area contributed by atoms with E-state index in [-0.39, 0.29) is 4.83 Å². The zero-order valence-corrected chi connectivity index (χ0v) is 10.7. The van der Waals surface area contributed by atoms with E-state index in [1.165, 1.54) is 16.6 Å². The molecule has 1 aromatic heterocycles. The highest BCUT2D eigenvalue weighted by molar-refractivity contribution is 9.09. The van der Waals surface area contributed by atoms with E-state index in [4.69, 9.17) is 0 Å². The minimum absolute atomic E-state index is 0.133. The highest BCUT2D eigenvalue weighted by Crippen LogP contribution is 2.24. The minimum Gasteiger partial charge on any atom is -0.241 e. The summed E-state index contributed by atoms with van der Waals surface area (Å²) in [6.45, 7) is 0.757. The van der Waals surface area contributed by atoms with Crippen molar-refractivity contribution >= 4 is 26.0 Å². The van der Waals surface area contributed by atoms with E-state index < -0.39 is 20.9 Å². The first-order valence-electron chi connectivity index (χ1n) is 4.76. The van der Waals surface area contributed by atoms with Gasteiger partial charge in [-0.2, -0.15) is 4.31 Å². The molecule has 0 amide bonds. The molecule has 0 bridgehead atoms. The highest BCUT2D eigenvalue weighted by atomic mass is 79.9. The molecule has 0 aliphatic carbocycles. The van der Waals surface area contributed by atoms with Crippen molar-refractivity contribution in [2.24, 2.45) is 0 Å². The lowest BCUT2D eigenvalue weighted by atomic mass is 10.4. The van der Waals surface area contributed by atoms with Crippen LogP contribution in [-0.4, -0.2) is 35.6 Å². The Morgan fingerprint density at radius 3 is 2.88 bits per heavy atom. The first kappa shape index (κ1) is 11.9. The van der Waals surface area contributed by atoms with Gasteiger partial charge in [0.05, 0.1) is 0 Å². The van der Waals surface area contributed by atoms with Crippen LogP contribution >= 0.6 is 15.9 Å². The predicted octanol–water partition coefficient (Wildman–Crippen LogP) is 1.38. The molecular weight excluding hydrogens is 299 g/mol. The summed E-state index contributed by atoms with van der Waals surface area (Å²) in [5.74, 6) is -0.805. The molecule has 0 saturated carbocycles. The summed E-state index contributed by atoms with van der Waals surface area (Å²) < 4.78 is 38.6. The lowest BCUT2D eigenvalue weighted by Crippen LogP contribution is -2.30. The van der Waals surface area contributed by atoms with Crippen molar-refractivity contribution < 1.29 is 12.8 Å². The van der Waals surface area contributed by atoms with Crippen LogP contribution in [0.15, 0.2) is 23.4 Å². The number of nitrogens with zero attached hydrogens (tertiary/aromatic N) is 2. The van der Waals surface area contributed by atoms with E-state index >= 15 is 0 Å². The summed E-state index contributed by atoms with van der Waals surface area (Å²) in [6.07, 6.45) is 2.01. The molecule has 2 heterocycles. The first-order valence-corrected chi connectivity index (χ1v) is 7.12. The van der Waals surface area contributed by atoms with Gasteiger partial charge < -0.3 is 0 Å². The van der Waals surface area contributed by atoms with Crippen LogP contribution in [0.2, 0.25) is 0 Å². The normalized spacial score (nSPS) is 22.5. The molecule has 1 aliphatic rings. The van der Waals surface area contributed by atoms with Gasteiger partial charge >= 0.3 is 0 Å². The summed E-state index contributed by atoms with van der Waals surface area (Å²) in [5, 5.41) is -0.489. The second-order valence-electron chi connectivity index (χ2n) is 3.54. The Morgan fingerprint density at radius 2 is 2.31 bits per heavy atom. The van der Waals surface area contributed by atoms with Gasteiger partial charge in [-0.3, -0.25) is 0 Å². The Hall–Kier alpha value is -0.530. The third-order valence-electron chi connectivity index (χ3n) is 2.40. The van der Waals surface area contributed by atoms with E-state index in [1.54, 1.807) is 0 Å². The molecule has 0 N–H and O–H groups in total. The molecule has 1 unspecified atom stereocenters. The van der Waals surface area contributed by atoms with Crippen LogP contribution in [0, 0.1) is 5.82 Å². The van der Waals surface area contributed by atoms with Crippen molar-refractivity contribution in [3.05, 3.63) is 24.1 Å². The van der Waals surface area contributed by atoms with E-state index in [1.807, 2.05) is 0 Å². The molecule has 16 heavy (non-hydrogen) atoms. The topological polar surface area (TPSA) is 50.3 Å². The number of pyridine rings is 1. The van der Waals surface area contributed by atoms with Crippen molar-refractivity contribution in [1.82, 2.24) is 9.29 Å². The van der Waals surface area contributed by atoms with Crippen molar-refractivity contribution in [3.8, 4) is 0 Å². The maximum atomic E-state index is 13.4. The Balaban J connectivity index is 2.36. The zero-order chi connectivity index (χ0) is 11.8. The van der Waals surface area contributed by atoms with Crippen molar-refractivity contribution in [3.63, 3.8) is 0 Å². The second-order valence-corrected chi connectivity index (χ2v) is 6.69. The van der Waals surface area contributed by atoms with E-state index in [0.717, 1.165) is 12.5 Å². The lowest BCUT2D eigenvalue weighted by molar-refractivity contribution is 0.465. The first-order chi connectivity index (χ1) is 7.51. The standard InChI is InChI=1S/C9H10BrFN2O2S/c10-7-3-5-13(6-7)16(14,15)9-8(11)2-1-4-12-9/h1-2,4,7H,3,5-6H2. The van der Waals surface area contributed by atoms with Crippen LogP contribution in [-0.2, 0) is 10.0 Å². The molecular formula is C9H10BrFN2O2S. The monoisotopic (exact) mass is 308 g/mol. The molecule has 1 aromatic rings. The number of aromatic nitrogens is 1. The molecule has 7 heteroatoms. The van der Waals surface area contributed by atoms with Crippen LogP contribution < -0.4 is 0 Å². The SMILES string of the molecule is O=S(=O)(c1ncccc1F)N1CCC(Br)C1. The summed E-state index contributed by atoms with van der Waals surface area (Å²) in [6, 6.07) is 2.47. The van der Waals surface area contributed by atoms with Gasteiger partial charge in [-0.15, -0.1) is 0 Å². The van der Waals surface area contributed by atoms with Gasteiger partial charge in [0.25, 0.3) is 10.0 Å². The minimum atomic E-state index is -3.79. The van der Waals surface area contributed by atoms with Crippen LogP contribution in [0.3, 0.4) is 0 Å². The number of sulfonamides is 1. The van der Waals surface area contributed by atoms with Gasteiger partial charge in [0.15, 0.2) is 5.82 Å². The van der Waals surface area contributed by atoms with Crippen LogP contribution in [0.4, 0.5) is 4.39 Å². The molecule has 4 nitrogen and oxygen atoms in total. The van der Waals surface area contributed by atoms with Gasteiger partial charge in [0.2, 0.25) is 5.03 Å². The quantitative estimate of drug-likeness (QED) is 0.776. The Morgan fingerprint density at radius 1 is 1.56 bits per heavy atom. The molecule has 0 radical (unpaired) electrons. The van der Waals surface area contributed by atoms with Crippen molar-refractivity contribution in [2.45, 2.75) is 16.3 Å². The molecule has 1 fully saturated rings. The fraction of sp³-hybridized carbons (Fsp3) is 0.444. The van der Waals surface area contributed by atoms with Gasteiger partial charge in [0, 0.05) is 24.1 Å². The third-order valence-corrected chi connectivity index (χ3v) is 4.95. The molecule has 1 saturated heterocycles. The molecule has 1 aliphatic heterocycles. The van der Waals surface area contributed by atoms with Gasteiger partial charge in [-0.05, 0) is 18.6 Å². The van der Waals surface area contributed by atoms with E-state index in [2.05, 4.69) is 20.9 Å². The van der Waals surface area contributed by atoms with Crippen molar-refractivity contribution in [2.75, 3.05) is 13.1 Å². The lowest BCUT2D eigenvalue weighted by Gasteiger charge is -2.14. The number of rotatable bonds is 2. The molecule has 2 rings (SSSR count). The van der Waals surface area contributed by atoms with Gasteiger partial charge in [0.1, 0.15) is 0 Å². The number of hydrogen-bond acceptors (Lipinski definition) is 3. The summed E-state index contributed by atoms with van der Waals surface area (Å²) in [4.78, 5) is 3.73. The Labute approximate surface area is 102 Å². The second kappa shape index (κ2) is 4.38. The van der Waals surface area contributed by atoms with Crippen LogP contribution in [0.1, 0.15) is 6.42 Å². The fourth-order valence-electron chi connectivity index (χ4n) is 1.59. The Bertz CT molecular complexity index is 494. The number of hydrogen-bond donors (Lipinski definition) is 0. The summed E-state index contributed by atoms with van der Waals surface area (Å²) in [5.41, 5.74) is 0. The van der Waals surface area contributed by atoms with Gasteiger partial charge in [-0.25, -0.2) is 17.8 Å². The predicted molar refractivity (Wildman–Crippen MR) is 60.3 cm³/mol. The average Bonchev–Trinajstić information content (AvgIpc) is 2.66. The van der Waals surface area contributed by atoms with E-state index in [0.29, 0.717) is 13.1 Å².